The first-order chi connectivity index (χ1) is 9.97. The average molecular weight is 298 g/mol. The lowest BCUT2D eigenvalue weighted by Crippen LogP contribution is -2.40. The molecule has 2 N–H and O–H groups in total. The largest absolute Gasteiger partial charge is 0.435 e. The Bertz CT molecular complexity index is 446. The van der Waals surface area contributed by atoms with Gasteiger partial charge in [-0.2, -0.15) is 8.78 Å². The Morgan fingerprint density at radius 1 is 1.24 bits per heavy atom. The minimum atomic E-state index is -2.78. The van der Waals surface area contributed by atoms with Gasteiger partial charge in [-0.3, -0.25) is 4.90 Å². The lowest BCUT2D eigenvalue weighted by Gasteiger charge is -2.37. The maximum Gasteiger partial charge on any atom is 0.387 e. The number of likely N-dealkylation sites (tertiary alicyclic amines) is 1. The van der Waals surface area contributed by atoms with Gasteiger partial charge < -0.3 is 10.5 Å². The fraction of sp³-hybridized carbons (Fsp3) is 0.625. The molecule has 0 saturated carbocycles. The van der Waals surface area contributed by atoms with E-state index in [9.17, 15) is 8.78 Å². The first kappa shape index (κ1) is 16.2. The van der Waals surface area contributed by atoms with E-state index in [2.05, 4.69) is 23.5 Å². The number of rotatable bonds is 5. The Morgan fingerprint density at radius 3 is 2.48 bits per heavy atom. The second kappa shape index (κ2) is 7.18. The SMILES string of the molecule is CC(N)C1CCN(C(C)c2cccc(OC(F)F)c2)CC1. The highest BCUT2D eigenvalue weighted by atomic mass is 19.3. The van der Waals surface area contributed by atoms with Crippen molar-refractivity contribution in [3.63, 3.8) is 0 Å². The summed E-state index contributed by atoms with van der Waals surface area (Å²) in [6, 6.07) is 7.42. The molecule has 2 unspecified atom stereocenters. The quantitative estimate of drug-likeness (QED) is 0.905. The molecule has 21 heavy (non-hydrogen) atoms. The molecule has 5 heteroatoms. The number of alkyl halides is 2. The summed E-state index contributed by atoms with van der Waals surface area (Å²) in [5, 5.41) is 0. The average Bonchev–Trinajstić information content (AvgIpc) is 2.46. The van der Waals surface area contributed by atoms with Crippen molar-refractivity contribution in [1.29, 1.82) is 0 Å². The Labute approximate surface area is 125 Å². The lowest BCUT2D eigenvalue weighted by molar-refractivity contribution is -0.0499. The van der Waals surface area contributed by atoms with E-state index in [1.165, 1.54) is 0 Å². The van der Waals surface area contributed by atoms with Crippen LogP contribution in [-0.2, 0) is 0 Å². The Hall–Kier alpha value is -1.20. The highest BCUT2D eigenvalue weighted by Crippen LogP contribution is 2.29. The summed E-state index contributed by atoms with van der Waals surface area (Å²) in [5.74, 6) is 0.807. The van der Waals surface area contributed by atoms with Crippen LogP contribution >= 0.6 is 0 Å². The van der Waals surface area contributed by atoms with Crippen LogP contribution in [0.2, 0.25) is 0 Å². The first-order valence-electron chi connectivity index (χ1n) is 7.51. The van der Waals surface area contributed by atoms with Gasteiger partial charge in [0.25, 0.3) is 0 Å². The van der Waals surface area contributed by atoms with E-state index in [1.807, 2.05) is 6.07 Å². The standard InChI is InChI=1S/C16H24F2N2O/c1-11(19)13-6-8-20(9-7-13)12(2)14-4-3-5-15(10-14)21-16(17)18/h3-5,10-13,16H,6-9,19H2,1-2H3. The number of benzene rings is 1. The molecule has 0 aromatic heterocycles. The Kier molecular flexibility index (Phi) is 5.53. The van der Waals surface area contributed by atoms with Gasteiger partial charge in [-0.1, -0.05) is 12.1 Å². The van der Waals surface area contributed by atoms with Crippen LogP contribution in [-0.4, -0.2) is 30.6 Å². The molecule has 3 nitrogen and oxygen atoms in total. The molecule has 2 rings (SSSR count). The summed E-state index contributed by atoms with van der Waals surface area (Å²) in [6.45, 7) is 3.38. The van der Waals surface area contributed by atoms with E-state index in [-0.39, 0.29) is 17.8 Å². The van der Waals surface area contributed by atoms with E-state index < -0.39 is 6.61 Å². The predicted octanol–water partition coefficient (Wildman–Crippen LogP) is 3.41. The van der Waals surface area contributed by atoms with Crippen molar-refractivity contribution in [2.75, 3.05) is 13.1 Å². The zero-order valence-corrected chi connectivity index (χ0v) is 12.6. The third-order valence-electron chi connectivity index (χ3n) is 4.43. The Morgan fingerprint density at radius 2 is 1.90 bits per heavy atom. The van der Waals surface area contributed by atoms with Crippen LogP contribution < -0.4 is 10.5 Å². The Balaban J connectivity index is 1.98. The number of piperidine rings is 1. The smallest absolute Gasteiger partial charge is 0.387 e. The number of halogens is 2. The van der Waals surface area contributed by atoms with Crippen LogP contribution in [0.15, 0.2) is 24.3 Å². The van der Waals surface area contributed by atoms with Crippen LogP contribution in [0.25, 0.3) is 0 Å². The zero-order valence-electron chi connectivity index (χ0n) is 12.6. The third-order valence-corrected chi connectivity index (χ3v) is 4.43. The zero-order chi connectivity index (χ0) is 15.4. The second-order valence-electron chi connectivity index (χ2n) is 5.86. The number of hydrogen-bond acceptors (Lipinski definition) is 3. The van der Waals surface area contributed by atoms with Crippen LogP contribution in [0.1, 0.15) is 38.3 Å². The molecule has 1 heterocycles. The molecule has 1 aliphatic heterocycles. The molecule has 1 saturated heterocycles. The van der Waals surface area contributed by atoms with Gasteiger partial charge in [-0.15, -0.1) is 0 Å². The van der Waals surface area contributed by atoms with E-state index in [0.717, 1.165) is 31.5 Å². The molecule has 1 aliphatic rings. The van der Waals surface area contributed by atoms with Crippen LogP contribution in [0.5, 0.6) is 5.75 Å². The second-order valence-corrected chi connectivity index (χ2v) is 5.86. The number of ether oxygens (including phenoxy) is 1. The maximum absolute atomic E-state index is 12.3. The molecule has 0 bridgehead atoms. The minimum absolute atomic E-state index is 0.195. The summed E-state index contributed by atoms with van der Waals surface area (Å²) in [4.78, 5) is 2.38. The molecule has 2 atom stereocenters. The molecule has 118 valence electrons. The van der Waals surface area contributed by atoms with Gasteiger partial charge in [0.1, 0.15) is 5.75 Å². The molecular formula is C16H24F2N2O. The molecule has 0 aliphatic carbocycles. The van der Waals surface area contributed by atoms with Gasteiger partial charge in [-0.25, -0.2) is 0 Å². The molecule has 1 fully saturated rings. The van der Waals surface area contributed by atoms with E-state index in [4.69, 9.17) is 5.73 Å². The number of hydrogen-bond donors (Lipinski definition) is 1. The maximum atomic E-state index is 12.3. The summed E-state index contributed by atoms with van der Waals surface area (Å²) in [7, 11) is 0. The van der Waals surface area contributed by atoms with E-state index in [0.29, 0.717) is 5.92 Å². The van der Waals surface area contributed by atoms with Gasteiger partial charge in [0.05, 0.1) is 0 Å². The van der Waals surface area contributed by atoms with Crippen LogP contribution in [0, 0.1) is 5.92 Å². The van der Waals surface area contributed by atoms with Crippen molar-refractivity contribution in [1.82, 2.24) is 4.90 Å². The number of nitrogens with zero attached hydrogens (tertiary/aromatic N) is 1. The molecule has 0 amide bonds. The van der Waals surface area contributed by atoms with Crippen molar-refractivity contribution in [2.45, 2.75) is 45.4 Å². The fourth-order valence-electron chi connectivity index (χ4n) is 2.99. The van der Waals surface area contributed by atoms with Gasteiger partial charge in [0, 0.05) is 12.1 Å². The van der Waals surface area contributed by atoms with Gasteiger partial charge in [-0.05, 0) is 63.4 Å². The van der Waals surface area contributed by atoms with Crippen molar-refractivity contribution in [2.24, 2.45) is 11.7 Å². The topological polar surface area (TPSA) is 38.5 Å². The monoisotopic (exact) mass is 298 g/mol. The summed E-state index contributed by atoms with van der Waals surface area (Å²) < 4.78 is 29.0. The summed E-state index contributed by atoms with van der Waals surface area (Å²) >= 11 is 0. The lowest BCUT2D eigenvalue weighted by atomic mass is 9.90. The van der Waals surface area contributed by atoms with Crippen molar-refractivity contribution in [3.05, 3.63) is 29.8 Å². The third kappa shape index (κ3) is 4.38. The van der Waals surface area contributed by atoms with Crippen molar-refractivity contribution >= 4 is 0 Å². The molecular weight excluding hydrogens is 274 g/mol. The van der Waals surface area contributed by atoms with Gasteiger partial charge in [0.15, 0.2) is 0 Å². The van der Waals surface area contributed by atoms with Gasteiger partial charge in [0.2, 0.25) is 0 Å². The highest BCUT2D eigenvalue weighted by molar-refractivity contribution is 5.30. The van der Waals surface area contributed by atoms with Crippen LogP contribution in [0.4, 0.5) is 8.78 Å². The van der Waals surface area contributed by atoms with Crippen molar-refractivity contribution < 1.29 is 13.5 Å². The molecule has 0 spiro atoms. The number of nitrogens with two attached hydrogens (primary N) is 1. The normalized spacial score (nSPS) is 20.5. The van der Waals surface area contributed by atoms with E-state index >= 15 is 0 Å². The first-order valence-corrected chi connectivity index (χ1v) is 7.51. The fourth-order valence-corrected chi connectivity index (χ4v) is 2.99. The predicted molar refractivity (Wildman–Crippen MR) is 79.4 cm³/mol. The van der Waals surface area contributed by atoms with Crippen molar-refractivity contribution in [3.8, 4) is 5.75 Å². The highest BCUT2D eigenvalue weighted by Gasteiger charge is 2.25. The molecule has 1 aromatic carbocycles. The van der Waals surface area contributed by atoms with E-state index in [1.54, 1.807) is 18.2 Å². The summed E-state index contributed by atoms with van der Waals surface area (Å²) in [5.41, 5.74) is 6.97. The molecule has 0 radical (unpaired) electrons. The van der Waals surface area contributed by atoms with Crippen LogP contribution in [0.3, 0.4) is 0 Å². The molecule has 1 aromatic rings. The summed E-state index contributed by atoms with van der Waals surface area (Å²) in [6.07, 6.45) is 2.18. The minimum Gasteiger partial charge on any atom is -0.435 e. The van der Waals surface area contributed by atoms with Gasteiger partial charge >= 0.3 is 6.61 Å².